The molecule has 2 N–H and O–H groups in total. The van der Waals surface area contributed by atoms with Gasteiger partial charge >= 0.3 is 0 Å². The zero-order valence-corrected chi connectivity index (χ0v) is 6.77. The first-order valence-corrected chi connectivity index (χ1v) is 3.46. The summed E-state index contributed by atoms with van der Waals surface area (Å²) in [4.78, 5) is 10.5. The van der Waals surface area contributed by atoms with Gasteiger partial charge in [-0.3, -0.25) is 4.79 Å². The Hall–Kier alpha value is -1.65. The lowest BCUT2D eigenvalue weighted by Crippen LogP contribution is -2.06. The molecule has 0 bridgehead atoms. The summed E-state index contributed by atoms with van der Waals surface area (Å²) < 4.78 is 25.0. The summed E-state index contributed by atoms with van der Waals surface area (Å²) in [7, 11) is 0. The highest BCUT2D eigenvalue weighted by atomic mass is 19.2. The van der Waals surface area contributed by atoms with Gasteiger partial charge in [0.2, 0.25) is 5.91 Å². The number of phenols is 1. The van der Waals surface area contributed by atoms with Gasteiger partial charge in [-0.2, -0.15) is 0 Å². The maximum Gasteiger partial charge on any atom is 0.221 e. The summed E-state index contributed by atoms with van der Waals surface area (Å²) >= 11 is 0. The maximum absolute atomic E-state index is 12.6. The van der Waals surface area contributed by atoms with Gasteiger partial charge in [-0.25, -0.2) is 8.78 Å². The van der Waals surface area contributed by atoms with Crippen LogP contribution in [0, 0.1) is 11.6 Å². The second-order valence-electron chi connectivity index (χ2n) is 2.46. The number of nitrogens with one attached hydrogen (secondary N) is 1. The molecule has 0 aliphatic heterocycles. The van der Waals surface area contributed by atoms with Gasteiger partial charge < -0.3 is 10.4 Å². The summed E-state index contributed by atoms with van der Waals surface area (Å²) in [6.45, 7) is 1.20. The van der Waals surface area contributed by atoms with E-state index in [2.05, 4.69) is 5.32 Å². The van der Waals surface area contributed by atoms with Crippen molar-refractivity contribution >= 4 is 11.6 Å². The van der Waals surface area contributed by atoms with Gasteiger partial charge in [-0.15, -0.1) is 0 Å². The zero-order valence-electron chi connectivity index (χ0n) is 6.77. The number of amides is 1. The van der Waals surface area contributed by atoms with Crippen molar-refractivity contribution in [1.82, 2.24) is 0 Å². The van der Waals surface area contributed by atoms with E-state index in [1.165, 1.54) is 6.92 Å². The summed E-state index contributed by atoms with van der Waals surface area (Å²) in [5.74, 6) is -3.26. The molecule has 0 heterocycles. The lowest BCUT2D eigenvalue weighted by Gasteiger charge is -2.04. The van der Waals surface area contributed by atoms with Crippen LogP contribution in [0.3, 0.4) is 0 Å². The minimum atomic E-state index is -1.16. The normalized spacial score (nSPS) is 9.77. The van der Waals surface area contributed by atoms with Gasteiger partial charge in [0.1, 0.15) is 5.75 Å². The van der Waals surface area contributed by atoms with Gasteiger partial charge in [0.05, 0.1) is 5.69 Å². The minimum absolute atomic E-state index is 0.147. The number of phenolic OH excluding ortho intramolecular Hbond substituents is 1. The van der Waals surface area contributed by atoms with Crippen LogP contribution in [-0.2, 0) is 4.79 Å². The van der Waals surface area contributed by atoms with Crippen molar-refractivity contribution in [3.8, 4) is 5.75 Å². The lowest BCUT2D eigenvalue weighted by molar-refractivity contribution is -0.114. The highest BCUT2D eigenvalue weighted by molar-refractivity contribution is 5.90. The Morgan fingerprint density at radius 3 is 2.46 bits per heavy atom. The van der Waals surface area contributed by atoms with Crippen LogP contribution < -0.4 is 5.32 Å². The van der Waals surface area contributed by atoms with Crippen molar-refractivity contribution in [3.63, 3.8) is 0 Å². The molecule has 0 atom stereocenters. The first-order chi connectivity index (χ1) is 6.00. The molecule has 5 heteroatoms. The average molecular weight is 187 g/mol. The summed E-state index contributed by atoms with van der Waals surface area (Å²) in [6.07, 6.45) is 0. The Bertz CT molecular complexity index is 352. The van der Waals surface area contributed by atoms with Crippen molar-refractivity contribution in [2.45, 2.75) is 6.92 Å². The topological polar surface area (TPSA) is 49.3 Å². The van der Waals surface area contributed by atoms with Crippen molar-refractivity contribution in [1.29, 1.82) is 0 Å². The SMILES string of the molecule is CC(=O)Nc1cc(F)c(F)cc1O. The minimum Gasteiger partial charge on any atom is -0.506 e. The number of anilines is 1. The largest absolute Gasteiger partial charge is 0.506 e. The first-order valence-electron chi connectivity index (χ1n) is 3.46. The summed E-state index contributed by atoms with van der Waals surface area (Å²) in [5, 5.41) is 11.2. The van der Waals surface area contributed by atoms with E-state index < -0.39 is 23.3 Å². The van der Waals surface area contributed by atoms with E-state index in [1.807, 2.05) is 0 Å². The molecule has 1 aromatic carbocycles. The molecule has 0 aromatic heterocycles. The van der Waals surface area contributed by atoms with Crippen LogP contribution in [0.5, 0.6) is 5.75 Å². The van der Waals surface area contributed by atoms with E-state index >= 15 is 0 Å². The number of rotatable bonds is 1. The smallest absolute Gasteiger partial charge is 0.221 e. The fourth-order valence-electron chi connectivity index (χ4n) is 0.826. The molecule has 0 spiro atoms. The van der Waals surface area contributed by atoms with Gasteiger partial charge in [0, 0.05) is 19.1 Å². The Morgan fingerprint density at radius 2 is 1.92 bits per heavy atom. The lowest BCUT2D eigenvalue weighted by atomic mass is 10.2. The number of halogens is 2. The molecule has 1 rings (SSSR count). The zero-order chi connectivity index (χ0) is 10.0. The van der Waals surface area contributed by atoms with E-state index in [9.17, 15) is 13.6 Å². The molecule has 0 radical (unpaired) electrons. The van der Waals surface area contributed by atoms with Crippen LogP contribution in [0.2, 0.25) is 0 Å². The molecule has 1 amide bonds. The quantitative estimate of drug-likeness (QED) is 0.656. The number of hydrogen-bond acceptors (Lipinski definition) is 2. The highest BCUT2D eigenvalue weighted by Crippen LogP contribution is 2.25. The van der Waals surface area contributed by atoms with E-state index in [0.29, 0.717) is 12.1 Å². The number of carbonyl (C=O) groups is 1. The summed E-state index contributed by atoms with van der Waals surface area (Å²) in [5.41, 5.74) is -0.147. The average Bonchev–Trinajstić information content (AvgIpc) is 1.99. The maximum atomic E-state index is 12.6. The molecule has 0 aliphatic carbocycles. The molecular weight excluding hydrogens is 180 g/mol. The molecular formula is C8H7F2NO2. The summed E-state index contributed by atoms with van der Waals surface area (Å²) in [6, 6.07) is 1.31. The molecule has 0 fully saturated rings. The van der Waals surface area contributed by atoms with Crippen LogP contribution in [0.1, 0.15) is 6.92 Å². The Labute approximate surface area is 73.0 Å². The van der Waals surface area contributed by atoms with Crippen LogP contribution >= 0.6 is 0 Å². The van der Waals surface area contributed by atoms with Crippen LogP contribution in [0.25, 0.3) is 0 Å². The van der Waals surface area contributed by atoms with E-state index in [-0.39, 0.29) is 5.69 Å². The van der Waals surface area contributed by atoms with E-state index in [0.717, 1.165) is 0 Å². The molecule has 0 unspecified atom stereocenters. The molecule has 13 heavy (non-hydrogen) atoms. The second kappa shape index (κ2) is 3.38. The van der Waals surface area contributed by atoms with Crippen LogP contribution in [0.15, 0.2) is 12.1 Å². The first kappa shape index (κ1) is 9.44. The number of hydrogen-bond donors (Lipinski definition) is 2. The molecule has 1 aromatic rings. The van der Waals surface area contributed by atoms with Gasteiger partial charge in [0.25, 0.3) is 0 Å². The third-order valence-electron chi connectivity index (χ3n) is 1.35. The van der Waals surface area contributed by atoms with Gasteiger partial charge in [0.15, 0.2) is 11.6 Å². The molecule has 0 saturated heterocycles. The van der Waals surface area contributed by atoms with Crippen LogP contribution in [0.4, 0.5) is 14.5 Å². The third kappa shape index (κ3) is 2.14. The van der Waals surface area contributed by atoms with Gasteiger partial charge in [-0.1, -0.05) is 0 Å². The molecule has 3 nitrogen and oxygen atoms in total. The molecule has 0 aliphatic rings. The van der Waals surface area contributed by atoms with E-state index in [4.69, 9.17) is 5.11 Å². The number of aromatic hydroxyl groups is 1. The predicted molar refractivity (Wildman–Crippen MR) is 42.3 cm³/mol. The molecule has 70 valence electrons. The standard InChI is InChI=1S/C8H7F2NO2/c1-4(12)11-7-2-5(9)6(10)3-8(7)13/h2-3,13H,1H3,(H,11,12). The van der Waals surface area contributed by atoms with Gasteiger partial charge in [-0.05, 0) is 0 Å². The van der Waals surface area contributed by atoms with Crippen molar-refractivity contribution in [2.75, 3.05) is 5.32 Å². The number of carbonyl (C=O) groups excluding carboxylic acids is 1. The van der Waals surface area contributed by atoms with Crippen LogP contribution in [-0.4, -0.2) is 11.0 Å². The highest BCUT2D eigenvalue weighted by Gasteiger charge is 2.09. The Kier molecular flexibility index (Phi) is 2.46. The second-order valence-corrected chi connectivity index (χ2v) is 2.46. The van der Waals surface area contributed by atoms with E-state index in [1.54, 1.807) is 0 Å². The fraction of sp³-hybridized carbons (Fsp3) is 0.125. The molecule has 0 saturated carbocycles. The predicted octanol–water partition coefficient (Wildman–Crippen LogP) is 1.63. The van der Waals surface area contributed by atoms with Crippen molar-refractivity contribution in [2.24, 2.45) is 0 Å². The van der Waals surface area contributed by atoms with Crippen molar-refractivity contribution in [3.05, 3.63) is 23.8 Å². The monoisotopic (exact) mass is 187 g/mol. The number of benzene rings is 1. The fourth-order valence-corrected chi connectivity index (χ4v) is 0.826. The third-order valence-corrected chi connectivity index (χ3v) is 1.35. The van der Waals surface area contributed by atoms with Crippen molar-refractivity contribution < 1.29 is 18.7 Å². The Morgan fingerprint density at radius 1 is 1.38 bits per heavy atom. The Balaban J connectivity index is 3.08.